The number of halogens is 3. The van der Waals surface area contributed by atoms with Gasteiger partial charge in [0, 0.05) is 30.8 Å². The van der Waals surface area contributed by atoms with Crippen LogP contribution in [-0.2, 0) is 13.0 Å². The lowest BCUT2D eigenvalue weighted by atomic mass is 10.2. The van der Waals surface area contributed by atoms with Gasteiger partial charge in [-0.05, 0) is 33.6 Å². The largest absolute Gasteiger partial charge is 0.323 e. The standard InChI is InChI=1S/C15H12BrClFN3/c16-11-6-14-13(7-12(11)18)20-15(3-4-17)21(14)9-10-2-1-5-19-8-10/h1-2,5-8H,3-4,9H2. The van der Waals surface area contributed by atoms with Crippen molar-refractivity contribution >= 4 is 38.6 Å². The molecule has 0 atom stereocenters. The van der Waals surface area contributed by atoms with Crippen LogP contribution in [0.1, 0.15) is 11.4 Å². The average molecular weight is 369 g/mol. The van der Waals surface area contributed by atoms with Crippen LogP contribution in [0.3, 0.4) is 0 Å². The number of hydrogen-bond donors (Lipinski definition) is 0. The Morgan fingerprint density at radius 2 is 2.19 bits per heavy atom. The third kappa shape index (κ3) is 2.94. The number of alkyl halides is 1. The summed E-state index contributed by atoms with van der Waals surface area (Å²) < 4.78 is 16.2. The second kappa shape index (κ2) is 6.12. The third-order valence-electron chi connectivity index (χ3n) is 3.25. The number of fused-ring (bicyclic) bond motifs is 1. The van der Waals surface area contributed by atoms with Crippen molar-refractivity contribution in [1.82, 2.24) is 14.5 Å². The van der Waals surface area contributed by atoms with Crippen molar-refractivity contribution in [3.8, 4) is 0 Å². The van der Waals surface area contributed by atoms with Crippen LogP contribution in [-0.4, -0.2) is 20.4 Å². The van der Waals surface area contributed by atoms with E-state index >= 15 is 0 Å². The van der Waals surface area contributed by atoms with Gasteiger partial charge < -0.3 is 4.57 Å². The maximum absolute atomic E-state index is 13.7. The average Bonchev–Trinajstić information content (AvgIpc) is 2.79. The van der Waals surface area contributed by atoms with Gasteiger partial charge in [-0.25, -0.2) is 9.37 Å². The van der Waals surface area contributed by atoms with Gasteiger partial charge in [-0.1, -0.05) is 6.07 Å². The molecule has 0 spiro atoms. The highest BCUT2D eigenvalue weighted by Gasteiger charge is 2.13. The molecule has 0 fully saturated rings. The summed E-state index contributed by atoms with van der Waals surface area (Å²) >= 11 is 9.08. The zero-order valence-corrected chi connectivity index (χ0v) is 13.4. The molecule has 3 rings (SSSR count). The number of benzene rings is 1. The zero-order chi connectivity index (χ0) is 14.8. The Bertz CT molecular complexity index is 773. The highest BCUT2D eigenvalue weighted by molar-refractivity contribution is 9.10. The smallest absolute Gasteiger partial charge is 0.139 e. The summed E-state index contributed by atoms with van der Waals surface area (Å²) in [6.07, 6.45) is 4.19. The van der Waals surface area contributed by atoms with Gasteiger partial charge in [0.2, 0.25) is 0 Å². The number of rotatable bonds is 4. The lowest BCUT2D eigenvalue weighted by Gasteiger charge is -2.08. The van der Waals surface area contributed by atoms with Crippen LogP contribution in [0.2, 0.25) is 0 Å². The van der Waals surface area contributed by atoms with Crippen molar-refractivity contribution in [2.75, 3.05) is 5.88 Å². The lowest BCUT2D eigenvalue weighted by molar-refractivity contribution is 0.622. The fraction of sp³-hybridized carbons (Fsp3) is 0.200. The van der Waals surface area contributed by atoms with E-state index in [1.165, 1.54) is 6.07 Å². The molecule has 0 saturated carbocycles. The van der Waals surface area contributed by atoms with Gasteiger partial charge in [-0.2, -0.15) is 0 Å². The highest BCUT2D eigenvalue weighted by atomic mass is 79.9. The Hall–Kier alpha value is -1.46. The first-order chi connectivity index (χ1) is 10.2. The van der Waals surface area contributed by atoms with Crippen LogP contribution in [0.25, 0.3) is 11.0 Å². The molecule has 0 aliphatic heterocycles. The normalized spacial score (nSPS) is 11.2. The van der Waals surface area contributed by atoms with Gasteiger partial charge in [0.1, 0.15) is 11.6 Å². The van der Waals surface area contributed by atoms with E-state index < -0.39 is 0 Å². The van der Waals surface area contributed by atoms with Gasteiger partial charge in [-0.15, -0.1) is 11.6 Å². The van der Waals surface area contributed by atoms with Crippen molar-refractivity contribution in [2.24, 2.45) is 0 Å². The minimum Gasteiger partial charge on any atom is -0.323 e. The summed E-state index contributed by atoms with van der Waals surface area (Å²) in [7, 11) is 0. The first-order valence-electron chi connectivity index (χ1n) is 6.48. The SMILES string of the molecule is Fc1cc2nc(CCCl)n(Cc3cccnc3)c2cc1Br. The van der Waals surface area contributed by atoms with Crippen LogP contribution in [0.15, 0.2) is 41.1 Å². The molecule has 0 aliphatic carbocycles. The predicted octanol–water partition coefficient (Wildman–Crippen LogP) is 4.16. The monoisotopic (exact) mass is 367 g/mol. The fourth-order valence-corrected chi connectivity index (χ4v) is 2.80. The Labute approximate surface area is 134 Å². The van der Waals surface area contributed by atoms with Gasteiger partial charge >= 0.3 is 0 Å². The summed E-state index contributed by atoms with van der Waals surface area (Å²) in [4.78, 5) is 8.62. The first kappa shape index (κ1) is 14.5. The second-order valence-electron chi connectivity index (χ2n) is 4.67. The molecule has 6 heteroatoms. The number of aryl methyl sites for hydroxylation is 1. The minimum atomic E-state index is -0.314. The van der Waals surface area contributed by atoms with Crippen molar-refractivity contribution in [2.45, 2.75) is 13.0 Å². The zero-order valence-electron chi connectivity index (χ0n) is 11.1. The lowest BCUT2D eigenvalue weighted by Crippen LogP contribution is -2.06. The quantitative estimate of drug-likeness (QED) is 0.647. The van der Waals surface area contributed by atoms with E-state index in [1.807, 2.05) is 18.3 Å². The van der Waals surface area contributed by atoms with E-state index in [0.717, 1.165) is 16.9 Å². The molecular formula is C15H12BrClFN3. The van der Waals surface area contributed by atoms with Crippen molar-refractivity contribution in [3.05, 3.63) is 58.3 Å². The number of aromatic nitrogens is 3. The van der Waals surface area contributed by atoms with Gasteiger partial charge in [0.15, 0.2) is 0 Å². The highest BCUT2D eigenvalue weighted by Crippen LogP contribution is 2.25. The van der Waals surface area contributed by atoms with Crippen molar-refractivity contribution in [1.29, 1.82) is 0 Å². The van der Waals surface area contributed by atoms with E-state index in [9.17, 15) is 4.39 Å². The number of imidazole rings is 1. The molecule has 21 heavy (non-hydrogen) atoms. The summed E-state index contributed by atoms with van der Waals surface area (Å²) in [5.74, 6) is 1.01. The third-order valence-corrected chi connectivity index (χ3v) is 4.05. The van der Waals surface area contributed by atoms with Crippen molar-refractivity contribution < 1.29 is 4.39 Å². The Kier molecular flexibility index (Phi) is 4.22. The van der Waals surface area contributed by atoms with Crippen LogP contribution in [0.4, 0.5) is 4.39 Å². The van der Waals surface area contributed by atoms with E-state index in [-0.39, 0.29) is 5.82 Å². The molecule has 3 nitrogen and oxygen atoms in total. The van der Waals surface area contributed by atoms with Crippen LogP contribution in [0.5, 0.6) is 0 Å². The summed E-state index contributed by atoms with van der Waals surface area (Å²) in [5, 5.41) is 0. The second-order valence-corrected chi connectivity index (χ2v) is 5.90. The summed E-state index contributed by atoms with van der Waals surface area (Å²) in [6.45, 7) is 0.634. The van der Waals surface area contributed by atoms with Crippen LogP contribution >= 0.6 is 27.5 Å². The van der Waals surface area contributed by atoms with Gasteiger partial charge in [-0.3, -0.25) is 4.98 Å². The topological polar surface area (TPSA) is 30.7 Å². The van der Waals surface area contributed by atoms with Gasteiger partial charge in [0.25, 0.3) is 0 Å². The minimum absolute atomic E-state index is 0.314. The summed E-state index contributed by atoms with van der Waals surface area (Å²) in [6, 6.07) is 7.09. The van der Waals surface area contributed by atoms with Crippen molar-refractivity contribution in [3.63, 3.8) is 0 Å². The molecule has 0 radical (unpaired) electrons. The molecule has 0 bridgehead atoms. The Morgan fingerprint density at radius 1 is 1.33 bits per heavy atom. The fourth-order valence-electron chi connectivity index (χ4n) is 2.30. The molecule has 3 aromatic rings. The molecule has 0 unspecified atom stereocenters. The molecule has 0 N–H and O–H groups in total. The number of nitrogens with zero attached hydrogens (tertiary/aromatic N) is 3. The Morgan fingerprint density at radius 3 is 2.90 bits per heavy atom. The molecule has 2 aromatic heterocycles. The molecule has 0 aliphatic rings. The molecule has 0 saturated heterocycles. The van der Waals surface area contributed by atoms with Crippen LogP contribution < -0.4 is 0 Å². The molecule has 1 aromatic carbocycles. The number of pyridine rings is 1. The van der Waals surface area contributed by atoms with Crippen LogP contribution in [0, 0.1) is 5.82 Å². The van der Waals surface area contributed by atoms with E-state index in [0.29, 0.717) is 28.8 Å². The molecule has 2 heterocycles. The van der Waals surface area contributed by atoms with Gasteiger partial charge in [0.05, 0.1) is 22.1 Å². The van der Waals surface area contributed by atoms with E-state index in [2.05, 4.69) is 30.5 Å². The first-order valence-corrected chi connectivity index (χ1v) is 7.81. The maximum atomic E-state index is 13.7. The maximum Gasteiger partial charge on any atom is 0.139 e. The molecule has 0 amide bonds. The Balaban J connectivity index is 2.13. The molecule has 108 valence electrons. The van der Waals surface area contributed by atoms with E-state index in [1.54, 1.807) is 12.3 Å². The summed E-state index contributed by atoms with van der Waals surface area (Å²) in [5.41, 5.74) is 2.58. The predicted molar refractivity (Wildman–Crippen MR) is 85.2 cm³/mol. The molecular weight excluding hydrogens is 357 g/mol. The number of hydrogen-bond acceptors (Lipinski definition) is 2. The van der Waals surface area contributed by atoms with E-state index in [4.69, 9.17) is 11.6 Å².